The van der Waals surface area contributed by atoms with Gasteiger partial charge in [0.2, 0.25) is 0 Å². The van der Waals surface area contributed by atoms with Crippen molar-refractivity contribution in [1.29, 1.82) is 0 Å². The molecule has 106 valence electrons. The molecule has 1 unspecified atom stereocenters. The number of alkyl halides is 1. The molecule has 2 rings (SSSR count). The molecule has 0 saturated carbocycles. The van der Waals surface area contributed by atoms with Crippen LogP contribution in [0, 0.1) is 24.4 Å². The topological polar surface area (TPSA) is 9.23 Å². The SMILES string of the molecule is COc1cc(F)c(C(Cl)c2cc(F)ccc2C)c(F)c1. The molecule has 0 aromatic heterocycles. The molecule has 1 atom stereocenters. The van der Waals surface area contributed by atoms with Crippen LogP contribution in [0.15, 0.2) is 30.3 Å². The van der Waals surface area contributed by atoms with Gasteiger partial charge in [0.05, 0.1) is 12.5 Å². The summed E-state index contributed by atoms with van der Waals surface area (Å²) in [5, 5.41) is -1.11. The molecule has 20 heavy (non-hydrogen) atoms. The van der Waals surface area contributed by atoms with Gasteiger partial charge in [0, 0.05) is 17.7 Å². The van der Waals surface area contributed by atoms with Gasteiger partial charge in [0.15, 0.2) is 0 Å². The van der Waals surface area contributed by atoms with Crippen LogP contribution in [0.4, 0.5) is 13.2 Å². The Morgan fingerprint density at radius 1 is 1.05 bits per heavy atom. The summed E-state index contributed by atoms with van der Waals surface area (Å²) in [7, 11) is 1.31. The third-order valence-electron chi connectivity index (χ3n) is 3.06. The van der Waals surface area contributed by atoms with Gasteiger partial charge in [0.1, 0.15) is 23.2 Å². The number of methoxy groups -OCH3 is 1. The Bertz CT molecular complexity index is 620. The molecule has 0 aliphatic heterocycles. The number of benzene rings is 2. The van der Waals surface area contributed by atoms with Crippen LogP contribution in [0.5, 0.6) is 5.75 Å². The van der Waals surface area contributed by atoms with Gasteiger partial charge in [-0.25, -0.2) is 13.2 Å². The van der Waals surface area contributed by atoms with Crippen LogP contribution in [0.25, 0.3) is 0 Å². The van der Waals surface area contributed by atoms with Gasteiger partial charge in [-0.05, 0) is 30.2 Å². The summed E-state index contributed by atoms with van der Waals surface area (Å²) in [4.78, 5) is 0. The minimum atomic E-state index is -1.11. The Kier molecular flexibility index (Phi) is 4.23. The molecule has 0 amide bonds. The second kappa shape index (κ2) is 5.75. The number of ether oxygens (including phenoxy) is 1. The first kappa shape index (κ1) is 14.7. The van der Waals surface area contributed by atoms with E-state index in [0.29, 0.717) is 11.1 Å². The molecule has 0 N–H and O–H groups in total. The lowest BCUT2D eigenvalue weighted by atomic mass is 9.99. The van der Waals surface area contributed by atoms with Crippen LogP contribution < -0.4 is 4.74 Å². The van der Waals surface area contributed by atoms with Gasteiger partial charge in [-0.2, -0.15) is 0 Å². The monoisotopic (exact) mass is 300 g/mol. The van der Waals surface area contributed by atoms with Crippen molar-refractivity contribution in [3.05, 3.63) is 64.5 Å². The Labute approximate surface area is 119 Å². The minimum Gasteiger partial charge on any atom is -0.497 e. The van der Waals surface area contributed by atoms with E-state index in [1.54, 1.807) is 6.92 Å². The zero-order valence-corrected chi connectivity index (χ0v) is 11.6. The second-order valence-electron chi connectivity index (χ2n) is 4.37. The molecule has 0 aliphatic carbocycles. The van der Waals surface area contributed by atoms with E-state index < -0.39 is 22.8 Å². The Morgan fingerprint density at radius 3 is 2.20 bits per heavy atom. The third kappa shape index (κ3) is 2.75. The van der Waals surface area contributed by atoms with Crippen LogP contribution >= 0.6 is 11.6 Å². The van der Waals surface area contributed by atoms with Gasteiger partial charge >= 0.3 is 0 Å². The molecular weight excluding hydrogens is 289 g/mol. The molecule has 0 aliphatic rings. The Hall–Kier alpha value is -1.68. The summed E-state index contributed by atoms with van der Waals surface area (Å²) in [6.07, 6.45) is 0. The van der Waals surface area contributed by atoms with Gasteiger partial charge in [-0.3, -0.25) is 0 Å². The van der Waals surface area contributed by atoms with E-state index in [9.17, 15) is 13.2 Å². The number of hydrogen-bond acceptors (Lipinski definition) is 1. The predicted molar refractivity (Wildman–Crippen MR) is 71.7 cm³/mol. The van der Waals surface area contributed by atoms with Crippen LogP contribution in [-0.4, -0.2) is 7.11 Å². The summed E-state index contributed by atoms with van der Waals surface area (Å²) < 4.78 is 46.0. The Morgan fingerprint density at radius 2 is 1.65 bits per heavy atom. The molecule has 5 heteroatoms. The highest BCUT2D eigenvalue weighted by atomic mass is 35.5. The maximum Gasteiger partial charge on any atom is 0.134 e. The standard InChI is InChI=1S/C15H12ClF3O/c1-8-3-4-9(17)5-11(8)15(16)14-12(18)6-10(20-2)7-13(14)19/h3-7,15H,1-2H3. The molecule has 0 radical (unpaired) electrons. The normalized spacial score (nSPS) is 12.3. The minimum absolute atomic E-state index is 0.0589. The van der Waals surface area contributed by atoms with E-state index in [1.807, 2.05) is 0 Å². The lowest BCUT2D eigenvalue weighted by Crippen LogP contribution is -2.04. The molecule has 1 nitrogen and oxygen atoms in total. The zero-order valence-electron chi connectivity index (χ0n) is 10.9. The highest BCUT2D eigenvalue weighted by Crippen LogP contribution is 2.36. The van der Waals surface area contributed by atoms with Gasteiger partial charge < -0.3 is 4.74 Å². The van der Waals surface area contributed by atoms with Crippen molar-refractivity contribution < 1.29 is 17.9 Å². The van der Waals surface area contributed by atoms with Crippen molar-refractivity contribution in [3.63, 3.8) is 0 Å². The number of hydrogen-bond donors (Lipinski definition) is 0. The fourth-order valence-corrected chi connectivity index (χ4v) is 2.40. The van der Waals surface area contributed by atoms with E-state index in [0.717, 1.165) is 12.1 Å². The molecule has 0 bridgehead atoms. The first-order valence-corrected chi connectivity index (χ1v) is 6.30. The van der Waals surface area contributed by atoms with Gasteiger partial charge in [-0.1, -0.05) is 6.07 Å². The maximum atomic E-state index is 14.0. The van der Waals surface area contributed by atoms with Crippen molar-refractivity contribution in [2.45, 2.75) is 12.3 Å². The van der Waals surface area contributed by atoms with Gasteiger partial charge in [0.25, 0.3) is 0 Å². The average Bonchev–Trinajstić information content (AvgIpc) is 2.40. The van der Waals surface area contributed by atoms with E-state index in [1.165, 1.54) is 25.3 Å². The van der Waals surface area contributed by atoms with Crippen LogP contribution in [-0.2, 0) is 0 Å². The summed E-state index contributed by atoms with van der Waals surface area (Å²) in [6, 6.07) is 6.05. The first-order chi connectivity index (χ1) is 9.43. The Balaban J connectivity index is 2.53. The third-order valence-corrected chi connectivity index (χ3v) is 3.51. The number of halogens is 4. The lowest BCUT2D eigenvalue weighted by molar-refractivity contribution is 0.405. The fourth-order valence-electron chi connectivity index (χ4n) is 1.96. The van der Waals surface area contributed by atoms with Crippen LogP contribution in [0.2, 0.25) is 0 Å². The lowest BCUT2D eigenvalue weighted by Gasteiger charge is -2.15. The number of rotatable bonds is 3. The predicted octanol–water partition coefficient (Wildman–Crippen LogP) is 4.75. The maximum absolute atomic E-state index is 14.0. The van der Waals surface area contributed by atoms with E-state index >= 15 is 0 Å². The summed E-state index contributed by atoms with van der Waals surface area (Å²) in [6.45, 7) is 1.70. The molecule has 0 heterocycles. The molecule has 2 aromatic carbocycles. The largest absolute Gasteiger partial charge is 0.497 e. The molecule has 2 aromatic rings. The van der Waals surface area contributed by atoms with E-state index in [-0.39, 0.29) is 11.3 Å². The quantitative estimate of drug-likeness (QED) is 0.743. The molecular formula is C15H12ClF3O. The molecule has 0 spiro atoms. The van der Waals surface area contributed by atoms with Crippen molar-refractivity contribution in [1.82, 2.24) is 0 Å². The van der Waals surface area contributed by atoms with Crippen molar-refractivity contribution in [2.75, 3.05) is 7.11 Å². The smallest absolute Gasteiger partial charge is 0.134 e. The fraction of sp³-hybridized carbons (Fsp3) is 0.200. The summed E-state index contributed by atoms with van der Waals surface area (Å²) in [5.41, 5.74) is 0.664. The molecule has 0 saturated heterocycles. The van der Waals surface area contributed by atoms with Crippen molar-refractivity contribution >= 4 is 11.6 Å². The summed E-state index contributed by atoms with van der Waals surface area (Å²) >= 11 is 6.13. The van der Waals surface area contributed by atoms with E-state index in [2.05, 4.69) is 0 Å². The van der Waals surface area contributed by atoms with Gasteiger partial charge in [-0.15, -0.1) is 11.6 Å². The zero-order chi connectivity index (χ0) is 14.9. The highest BCUT2D eigenvalue weighted by Gasteiger charge is 2.23. The van der Waals surface area contributed by atoms with Crippen LogP contribution in [0.3, 0.4) is 0 Å². The van der Waals surface area contributed by atoms with Crippen molar-refractivity contribution in [3.8, 4) is 5.75 Å². The summed E-state index contributed by atoms with van der Waals surface area (Å²) in [5.74, 6) is -2.11. The van der Waals surface area contributed by atoms with E-state index in [4.69, 9.17) is 16.3 Å². The van der Waals surface area contributed by atoms with Crippen molar-refractivity contribution in [2.24, 2.45) is 0 Å². The molecule has 0 fully saturated rings. The first-order valence-electron chi connectivity index (χ1n) is 5.87. The number of aryl methyl sites for hydroxylation is 1. The average molecular weight is 301 g/mol. The van der Waals surface area contributed by atoms with Crippen LogP contribution in [0.1, 0.15) is 22.1 Å². The second-order valence-corrected chi connectivity index (χ2v) is 4.80. The highest BCUT2D eigenvalue weighted by molar-refractivity contribution is 6.22.